The van der Waals surface area contributed by atoms with Crippen LogP contribution in [0.4, 0.5) is 0 Å². The van der Waals surface area contributed by atoms with Crippen molar-refractivity contribution in [2.45, 2.75) is 19.8 Å². The van der Waals surface area contributed by atoms with Gasteiger partial charge in [0, 0.05) is 5.69 Å². The summed E-state index contributed by atoms with van der Waals surface area (Å²) in [6, 6.07) is 3.29. The van der Waals surface area contributed by atoms with Gasteiger partial charge in [-0.1, -0.05) is 13.8 Å². The summed E-state index contributed by atoms with van der Waals surface area (Å²) >= 11 is 3.22. The minimum Gasteiger partial charge on any atom is -0.423 e. The third-order valence-corrected chi connectivity index (χ3v) is 2.13. The molecule has 2 N–H and O–H groups in total. The molecule has 0 aliphatic heterocycles. The van der Waals surface area contributed by atoms with E-state index in [4.69, 9.17) is 10.0 Å². The number of rotatable bonds is 2. The van der Waals surface area contributed by atoms with Crippen molar-refractivity contribution in [3.63, 3.8) is 0 Å². The molecule has 1 aromatic rings. The molecular weight excluding hydrogens is 233 g/mol. The second-order valence-electron chi connectivity index (χ2n) is 3.18. The van der Waals surface area contributed by atoms with E-state index < -0.39 is 7.12 Å². The van der Waals surface area contributed by atoms with Crippen molar-refractivity contribution < 1.29 is 10.0 Å². The Kier molecular flexibility index (Phi) is 3.47. The highest BCUT2D eigenvalue weighted by molar-refractivity contribution is 9.10. The van der Waals surface area contributed by atoms with Crippen LogP contribution in [0.5, 0.6) is 0 Å². The highest BCUT2D eigenvalue weighted by Crippen LogP contribution is 2.13. The molecule has 13 heavy (non-hydrogen) atoms. The molecule has 0 saturated carbocycles. The summed E-state index contributed by atoms with van der Waals surface area (Å²) in [5.74, 6) is 0.273. The predicted octanol–water partition coefficient (Wildman–Crippen LogP) is 0.647. The Morgan fingerprint density at radius 3 is 2.46 bits per heavy atom. The SMILES string of the molecule is CC(C)c1cc(B(O)O)cc(Br)n1. The molecule has 0 unspecified atom stereocenters. The van der Waals surface area contributed by atoms with Crippen LogP contribution < -0.4 is 5.46 Å². The van der Waals surface area contributed by atoms with Gasteiger partial charge in [-0.3, -0.25) is 0 Å². The van der Waals surface area contributed by atoms with Gasteiger partial charge in [-0.25, -0.2) is 4.98 Å². The minimum atomic E-state index is -1.43. The van der Waals surface area contributed by atoms with E-state index in [0.717, 1.165) is 5.69 Å². The number of hydrogen-bond donors (Lipinski definition) is 2. The molecule has 1 aromatic heterocycles. The smallest absolute Gasteiger partial charge is 0.423 e. The van der Waals surface area contributed by atoms with Gasteiger partial charge in [-0.2, -0.15) is 0 Å². The van der Waals surface area contributed by atoms with E-state index in [1.54, 1.807) is 12.1 Å². The molecule has 0 bridgehead atoms. The molecule has 5 heteroatoms. The van der Waals surface area contributed by atoms with E-state index in [9.17, 15) is 0 Å². The average molecular weight is 244 g/mol. The van der Waals surface area contributed by atoms with Crippen molar-refractivity contribution >= 4 is 28.5 Å². The largest absolute Gasteiger partial charge is 0.488 e. The molecule has 0 amide bonds. The number of halogens is 1. The van der Waals surface area contributed by atoms with Crippen LogP contribution in [0.15, 0.2) is 16.7 Å². The maximum Gasteiger partial charge on any atom is 0.488 e. The molecule has 0 spiro atoms. The maximum absolute atomic E-state index is 8.96. The lowest BCUT2D eigenvalue weighted by Crippen LogP contribution is -2.30. The Morgan fingerprint density at radius 2 is 2.00 bits per heavy atom. The van der Waals surface area contributed by atoms with Gasteiger partial charge < -0.3 is 10.0 Å². The molecule has 3 nitrogen and oxygen atoms in total. The van der Waals surface area contributed by atoms with Gasteiger partial charge in [0.15, 0.2) is 0 Å². The molecule has 70 valence electrons. The summed E-state index contributed by atoms with van der Waals surface area (Å²) in [5, 5.41) is 17.9. The van der Waals surface area contributed by atoms with Crippen LogP contribution in [0.2, 0.25) is 0 Å². The summed E-state index contributed by atoms with van der Waals surface area (Å²) in [7, 11) is -1.43. The van der Waals surface area contributed by atoms with Crippen molar-refractivity contribution in [2.24, 2.45) is 0 Å². The second kappa shape index (κ2) is 4.22. The summed E-state index contributed by atoms with van der Waals surface area (Å²) in [6.45, 7) is 4.00. The van der Waals surface area contributed by atoms with E-state index >= 15 is 0 Å². The molecule has 0 fully saturated rings. The van der Waals surface area contributed by atoms with Crippen molar-refractivity contribution in [2.75, 3.05) is 0 Å². The van der Waals surface area contributed by atoms with Gasteiger partial charge in [0.2, 0.25) is 0 Å². The zero-order valence-corrected chi connectivity index (χ0v) is 9.12. The van der Waals surface area contributed by atoms with E-state index in [2.05, 4.69) is 20.9 Å². The van der Waals surface area contributed by atoms with Crippen molar-refractivity contribution in [3.8, 4) is 0 Å². The second-order valence-corrected chi connectivity index (χ2v) is 3.99. The van der Waals surface area contributed by atoms with E-state index in [0.29, 0.717) is 10.1 Å². The van der Waals surface area contributed by atoms with Crippen LogP contribution in [0.1, 0.15) is 25.5 Å². The van der Waals surface area contributed by atoms with Crippen LogP contribution in [0.25, 0.3) is 0 Å². The van der Waals surface area contributed by atoms with E-state index in [1.807, 2.05) is 13.8 Å². The normalized spacial score (nSPS) is 10.6. The monoisotopic (exact) mass is 243 g/mol. The van der Waals surface area contributed by atoms with Crippen molar-refractivity contribution in [1.82, 2.24) is 4.98 Å². The van der Waals surface area contributed by atoms with Crippen LogP contribution in [-0.2, 0) is 0 Å². The highest BCUT2D eigenvalue weighted by atomic mass is 79.9. The fourth-order valence-corrected chi connectivity index (χ4v) is 1.45. The quantitative estimate of drug-likeness (QED) is 0.593. The Hall–Kier alpha value is -0.385. The first-order valence-electron chi connectivity index (χ1n) is 4.04. The summed E-state index contributed by atoms with van der Waals surface area (Å²) < 4.78 is 0.627. The fourth-order valence-electron chi connectivity index (χ4n) is 0.983. The molecular formula is C8H11BBrNO2. The first-order valence-corrected chi connectivity index (χ1v) is 4.83. The van der Waals surface area contributed by atoms with Crippen molar-refractivity contribution in [1.29, 1.82) is 0 Å². The van der Waals surface area contributed by atoms with Crippen LogP contribution in [0, 0.1) is 0 Å². The van der Waals surface area contributed by atoms with Crippen LogP contribution in [-0.4, -0.2) is 22.2 Å². The number of aromatic nitrogens is 1. The van der Waals surface area contributed by atoms with E-state index in [-0.39, 0.29) is 5.92 Å². The zero-order valence-electron chi connectivity index (χ0n) is 7.53. The standard InChI is InChI=1S/C8H11BBrNO2/c1-5(2)7-3-6(9(12)13)4-8(10)11-7/h3-5,12-13H,1-2H3. The molecule has 0 atom stereocenters. The Bertz CT molecular complexity index is 278. The Labute approximate surface area is 86.1 Å². The Balaban J connectivity index is 3.11. The van der Waals surface area contributed by atoms with Crippen molar-refractivity contribution in [3.05, 3.63) is 22.4 Å². The summed E-state index contributed by atoms with van der Waals surface area (Å²) in [4.78, 5) is 4.21. The Morgan fingerprint density at radius 1 is 1.38 bits per heavy atom. The average Bonchev–Trinajstić information content (AvgIpc) is 2.03. The molecule has 0 aromatic carbocycles. The molecule has 0 aliphatic carbocycles. The third-order valence-electron chi connectivity index (χ3n) is 1.73. The topological polar surface area (TPSA) is 53.4 Å². The van der Waals surface area contributed by atoms with Crippen LogP contribution >= 0.6 is 15.9 Å². The lowest BCUT2D eigenvalue weighted by molar-refractivity contribution is 0.425. The molecule has 0 radical (unpaired) electrons. The first kappa shape index (κ1) is 10.7. The molecule has 1 heterocycles. The minimum absolute atomic E-state index is 0.273. The van der Waals surface area contributed by atoms with Gasteiger partial charge in [-0.15, -0.1) is 0 Å². The van der Waals surface area contributed by atoms with Gasteiger partial charge >= 0.3 is 7.12 Å². The lowest BCUT2D eigenvalue weighted by Gasteiger charge is -2.07. The maximum atomic E-state index is 8.96. The van der Waals surface area contributed by atoms with Gasteiger partial charge in [0.1, 0.15) is 4.60 Å². The zero-order chi connectivity index (χ0) is 10.0. The lowest BCUT2D eigenvalue weighted by atomic mass is 9.80. The number of nitrogens with zero attached hydrogens (tertiary/aromatic N) is 1. The summed E-state index contributed by atoms with van der Waals surface area (Å²) in [6.07, 6.45) is 0. The first-order chi connectivity index (χ1) is 6.00. The van der Waals surface area contributed by atoms with Crippen LogP contribution in [0.3, 0.4) is 0 Å². The number of hydrogen-bond acceptors (Lipinski definition) is 3. The molecule has 0 saturated heterocycles. The molecule has 0 aliphatic rings. The third kappa shape index (κ3) is 2.79. The molecule has 1 rings (SSSR count). The fraction of sp³-hybridized carbons (Fsp3) is 0.375. The van der Waals surface area contributed by atoms with Gasteiger partial charge in [0.25, 0.3) is 0 Å². The predicted molar refractivity (Wildman–Crippen MR) is 55.9 cm³/mol. The van der Waals surface area contributed by atoms with Gasteiger partial charge in [-0.05, 0) is 39.4 Å². The summed E-state index contributed by atoms with van der Waals surface area (Å²) in [5.41, 5.74) is 1.31. The van der Waals surface area contributed by atoms with Gasteiger partial charge in [0.05, 0.1) is 0 Å². The van der Waals surface area contributed by atoms with E-state index in [1.165, 1.54) is 0 Å². The highest BCUT2D eigenvalue weighted by Gasteiger charge is 2.14. The number of pyridine rings is 1.